The highest BCUT2D eigenvalue weighted by atomic mass is 19.1. The van der Waals surface area contributed by atoms with Crippen molar-refractivity contribution < 1.29 is 18.6 Å². The number of aliphatic hydroxyl groups excluding tert-OH is 1. The molecule has 0 aliphatic carbocycles. The fourth-order valence-corrected chi connectivity index (χ4v) is 1.93. The number of methoxy groups -OCH3 is 1. The molecule has 1 aromatic carbocycles. The maximum absolute atomic E-state index is 13.7. The number of nitrogens with zero attached hydrogens (tertiary/aromatic N) is 2. The Kier molecular flexibility index (Phi) is 3.80. The van der Waals surface area contributed by atoms with E-state index in [1.54, 1.807) is 0 Å². The largest absolute Gasteiger partial charge is 0.493 e. The van der Waals surface area contributed by atoms with E-state index in [0.29, 0.717) is 18.0 Å². The summed E-state index contributed by atoms with van der Waals surface area (Å²) in [6, 6.07) is 2.94. The van der Waals surface area contributed by atoms with Crippen LogP contribution in [0.2, 0.25) is 0 Å². The summed E-state index contributed by atoms with van der Waals surface area (Å²) in [4.78, 5) is 0. The van der Waals surface area contributed by atoms with Crippen LogP contribution in [0.5, 0.6) is 5.75 Å². The number of ether oxygens (including phenoxy) is 1. The average Bonchev–Trinajstić information content (AvgIpc) is 2.83. The van der Waals surface area contributed by atoms with Gasteiger partial charge in [0.25, 0.3) is 0 Å². The molecular formula is C13H14F2N2O2. The zero-order valence-electron chi connectivity index (χ0n) is 10.6. The van der Waals surface area contributed by atoms with Gasteiger partial charge in [-0.05, 0) is 25.1 Å². The van der Waals surface area contributed by atoms with Crippen molar-refractivity contribution in [2.24, 2.45) is 0 Å². The van der Waals surface area contributed by atoms with Gasteiger partial charge in [-0.1, -0.05) is 0 Å². The lowest BCUT2D eigenvalue weighted by atomic mass is 10.1. The van der Waals surface area contributed by atoms with Crippen LogP contribution in [0.1, 0.15) is 24.3 Å². The van der Waals surface area contributed by atoms with Gasteiger partial charge in [0, 0.05) is 12.1 Å². The lowest BCUT2D eigenvalue weighted by Gasteiger charge is -2.15. The summed E-state index contributed by atoms with van der Waals surface area (Å²) >= 11 is 0. The highest BCUT2D eigenvalue weighted by Crippen LogP contribution is 2.31. The highest BCUT2D eigenvalue weighted by Gasteiger charge is 2.24. The second kappa shape index (κ2) is 5.36. The standard InChI is InChI=1S/C13H14F2N2O2/c1-3-17-12(11(19-2)7-16-17)13(18)9-6-8(14)4-5-10(9)15/h4-7,13,18H,3H2,1-2H3. The summed E-state index contributed by atoms with van der Waals surface area (Å²) < 4.78 is 33.4. The number of halogens is 2. The molecule has 0 aliphatic heterocycles. The Morgan fingerprint density at radius 2 is 2.16 bits per heavy atom. The van der Waals surface area contributed by atoms with Crippen LogP contribution in [-0.2, 0) is 6.54 Å². The number of aryl methyl sites for hydroxylation is 1. The van der Waals surface area contributed by atoms with Crippen molar-refractivity contribution in [2.45, 2.75) is 19.6 Å². The summed E-state index contributed by atoms with van der Waals surface area (Å²) in [6.07, 6.45) is 0.0901. The fourth-order valence-electron chi connectivity index (χ4n) is 1.93. The lowest BCUT2D eigenvalue weighted by molar-refractivity contribution is 0.197. The maximum atomic E-state index is 13.7. The number of benzene rings is 1. The molecule has 1 N–H and O–H groups in total. The van der Waals surface area contributed by atoms with Gasteiger partial charge in [-0.25, -0.2) is 8.78 Å². The van der Waals surface area contributed by atoms with Crippen LogP contribution in [0.15, 0.2) is 24.4 Å². The zero-order chi connectivity index (χ0) is 14.0. The third kappa shape index (κ3) is 2.44. The summed E-state index contributed by atoms with van der Waals surface area (Å²) in [5.74, 6) is -0.963. The maximum Gasteiger partial charge on any atom is 0.163 e. The Balaban J connectivity index is 2.51. The predicted molar refractivity (Wildman–Crippen MR) is 64.9 cm³/mol. The van der Waals surface area contributed by atoms with E-state index in [0.717, 1.165) is 18.2 Å². The molecule has 6 heteroatoms. The molecule has 102 valence electrons. The SMILES string of the molecule is CCn1ncc(OC)c1C(O)c1cc(F)ccc1F. The van der Waals surface area contributed by atoms with E-state index >= 15 is 0 Å². The minimum absolute atomic E-state index is 0.145. The molecule has 1 unspecified atom stereocenters. The molecule has 2 rings (SSSR count). The Morgan fingerprint density at radius 1 is 1.42 bits per heavy atom. The third-order valence-electron chi connectivity index (χ3n) is 2.88. The molecular weight excluding hydrogens is 254 g/mol. The van der Waals surface area contributed by atoms with E-state index in [9.17, 15) is 13.9 Å². The first kappa shape index (κ1) is 13.5. The normalized spacial score (nSPS) is 12.5. The molecule has 1 heterocycles. The van der Waals surface area contributed by atoms with E-state index in [4.69, 9.17) is 4.74 Å². The van der Waals surface area contributed by atoms with Crippen molar-refractivity contribution in [2.75, 3.05) is 7.11 Å². The quantitative estimate of drug-likeness (QED) is 0.925. The van der Waals surface area contributed by atoms with Gasteiger partial charge in [-0.2, -0.15) is 5.10 Å². The molecule has 1 atom stereocenters. The van der Waals surface area contributed by atoms with Gasteiger partial charge in [0.1, 0.15) is 23.4 Å². The van der Waals surface area contributed by atoms with E-state index in [1.165, 1.54) is 18.0 Å². The lowest BCUT2D eigenvalue weighted by Crippen LogP contribution is -2.11. The minimum Gasteiger partial charge on any atom is -0.493 e. The number of aliphatic hydroxyl groups is 1. The molecule has 0 spiro atoms. The summed E-state index contributed by atoms with van der Waals surface area (Å²) in [7, 11) is 1.43. The van der Waals surface area contributed by atoms with Gasteiger partial charge in [-0.3, -0.25) is 4.68 Å². The van der Waals surface area contributed by atoms with Crippen LogP contribution in [0.25, 0.3) is 0 Å². The average molecular weight is 268 g/mol. The highest BCUT2D eigenvalue weighted by molar-refractivity contribution is 5.35. The molecule has 0 amide bonds. The smallest absolute Gasteiger partial charge is 0.163 e. The van der Waals surface area contributed by atoms with Crippen LogP contribution in [0.4, 0.5) is 8.78 Å². The first-order valence-electron chi connectivity index (χ1n) is 5.81. The second-order valence-corrected chi connectivity index (χ2v) is 3.98. The molecule has 2 aromatic rings. The number of rotatable bonds is 4. The van der Waals surface area contributed by atoms with Crippen molar-refractivity contribution in [1.29, 1.82) is 0 Å². The Morgan fingerprint density at radius 3 is 2.79 bits per heavy atom. The summed E-state index contributed by atoms with van der Waals surface area (Å²) in [5, 5.41) is 14.3. The molecule has 1 aromatic heterocycles. The Bertz CT molecular complexity index is 563. The van der Waals surface area contributed by atoms with Crippen molar-refractivity contribution in [3.63, 3.8) is 0 Å². The first-order valence-corrected chi connectivity index (χ1v) is 5.81. The van der Waals surface area contributed by atoms with Crippen LogP contribution < -0.4 is 4.74 Å². The summed E-state index contributed by atoms with van der Waals surface area (Å²) in [6.45, 7) is 2.30. The van der Waals surface area contributed by atoms with E-state index in [1.807, 2.05) is 6.92 Å². The monoisotopic (exact) mass is 268 g/mol. The Labute approximate surface area is 109 Å². The molecule has 0 aliphatic rings. The van der Waals surface area contributed by atoms with Gasteiger partial charge < -0.3 is 9.84 Å². The minimum atomic E-state index is -1.34. The van der Waals surface area contributed by atoms with Crippen molar-refractivity contribution in [3.8, 4) is 5.75 Å². The first-order chi connectivity index (χ1) is 9.08. The van der Waals surface area contributed by atoms with Gasteiger partial charge in [-0.15, -0.1) is 0 Å². The third-order valence-corrected chi connectivity index (χ3v) is 2.88. The van der Waals surface area contributed by atoms with Crippen LogP contribution in [0, 0.1) is 11.6 Å². The topological polar surface area (TPSA) is 47.3 Å². The van der Waals surface area contributed by atoms with Crippen molar-refractivity contribution in [1.82, 2.24) is 9.78 Å². The number of hydrogen-bond donors (Lipinski definition) is 1. The predicted octanol–water partition coefficient (Wildman–Crippen LogP) is 2.27. The van der Waals surface area contributed by atoms with Crippen molar-refractivity contribution in [3.05, 3.63) is 47.3 Å². The number of aromatic nitrogens is 2. The second-order valence-electron chi connectivity index (χ2n) is 3.98. The van der Waals surface area contributed by atoms with Gasteiger partial charge in [0.05, 0.1) is 13.3 Å². The fraction of sp³-hybridized carbons (Fsp3) is 0.308. The molecule has 0 saturated heterocycles. The van der Waals surface area contributed by atoms with Crippen LogP contribution in [0.3, 0.4) is 0 Å². The van der Waals surface area contributed by atoms with E-state index in [2.05, 4.69) is 5.10 Å². The number of hydrogen-bond acceptors (Lipinski definition) is 3. The van der Waals surface area contributed by atoms with E-state index in [-0.39, 0.29) is 5.56 Å². The van der Waals surface area contributed by atoms with Crippen LogP contribution >= 0.6 is 0 Å². The zero-order valence-corrected chi connectivity index (χ0v) is 10.6. The molecule has 0 fully saturated rings. The van der Waals surface area contributed by atoms with E-state index < -0.39 is 17.7 Å². The van der Waals surface area contributed by atoms with Gasteiger partial charge in [0.2, 0.25) is 0 Å². The molecule has 0 bridgehead atoms. The van der Waals surface area contributed by atoms with Crippen LogP contribution in [-0.4, -0.2) is 22.0 Å². The van der Waals surface area contributed by atoms with Gasteiger partial charge >= 0.3 is 0 Å². The molecule has 0 radical (unpaired) electrons. The summed E-state index contributed by atoms with van der Waals surface area (Å²) in [5.41, 5.74) is 0.156. The van der Waals surface area contributed by atoms with Gasteiger partial charge in [0.15, 0.2) is 5.75 Å². The molecule has 0 saturated carbocycles. The molecule has 19 heavy (non-hydrogen) atoms. The molecule has 4 nitrogen and oxygen atoms in total. The Hall–Kier alpha value is -1.95. The van der Waals surface area contributed by atoms with Crippen molar-refractivity contribution >= 4 is 0 Å².